The monoisotopic (exact) mass is 796 g/mol. The number of hydrogen-bond acceptors (Lipinski definition) is 7. The highest BCUT2D eigenvalue weighted by Gasteiger charge is 2.37. The van der Waals surface area contributed by atoms with Crippen LogP contribution < -0.4 is 14.4 Å². The molecule has 1 aliphatic rings. The molecule has 2 amide bonds. The number of carbonyl (C=O) groups excluding carboxylic acids is 2. The molecule has 0 spiro atoms. The van der Waals surface area contributed by atoms with Crippen LogP contribution in [0.25, 0.3) is 0 Å². The van der Waals surface area contributed by atoms with Gasteiger partial charge in [-0.3, -0.25) is 24.0 Å². The molecule has 0 heterocycles. The molecule has 0 aromatic heterocycles. The number of nitro benzene ring substituents is 1. The first-order chi connectivity index (χ1) is 24.4. The number of aryl methyl sites for hydroxylation is 1. The van der Waals surface area contributed by atoms with Crippen molar-refractivity contribution in [2.75, 3.05) is 18.0 Å². The van der Waals surface area contributed by atoms with E-state index < -0.39 is 44.0 Å². The zero-order valence-corrected chi connectivity index (χ0v) is 31.3. The summed E-state index contributed by atoms with van der Waals surface area (Å²) in [4.78, 5) is 41.2. The van der Waals surface area contributed by atoms with Gasteiger partial charge in [-0.25, -0.2) is 8.42 Å². The predicted molar refractivity (Wildman–Crippen MR) is 199 cm³/mol. The van der Waals surface area contributed by atoms with Crippen molar-refractivity contribution in [3.05, 3.63) is 127 Å². The lowest BCUT2D eigenvalue weighted by Crippen LogP contribution is -2.54. The molecule has 0 radical (unpaired) electrons. The number of hydrogen-bond donors (Lipinski definition) is 1. The minimum absolute atomic E-state index is 0.0156. The highest BCUT2D eigenvalue weighted by atomic mass is 79.9. The fraction of sp³-hybridized carbons (Fsp3) is 0.297. The maximum absolute atomic E-state index is 14.8. The molecule has 51 heavy (non-hydrogen) atoms. The Hall–Kier alpha value is -4.46. The Bertz CT molecular complexity index is 1990. The summed E-state index contributed by atoms with van der Waals surface area (Å²) in [6, 6.07) is 23.4. The summed E-state index contributed by atoms with van der Waals surface area (Å²) in [6.45, 7) is 0.705. The number of nitrogens with zero attached hydrogens (tertiary/aromatic N) is 3. The number of amides is 2. The molecule has 268 valence electrons. The standard InChI is InChI=1S/C37H38BrClN4O7S/c1-25-12-18-31(22-32(25)43(46)47)51(48,49)42(33-21-29(39)17-19-35(33)50-2)24-36(44)41(23-27-13-15-28(38)16-14-27)34(20-26-8-4-3-5-9-26)37(45)40-30-10-6-7-11-30/h3-5,8-9,12-19,21-22,30,34H,6-7,10-11,20,23-24H2,1-2H3,(H,40,45)/t34-/m1/s1. The van der Waals surface area contributed by atoms with Crippen molar-refractivity contribution < 1.29 is 27.7 Å². The highest BCUT2D eigenvalue weighted by molar-refractivity contribution is 9.10. The molecule has 0 unspecified atom stereocenters. The number of halogens is 2. The van der Waals surface area contributed by atoms with Gasteiger partial charge in [0, 0.05) is 40.1 Å². The second-order valence-corrected chi connectivity index (χ2v) is 15.6. The lowest BCUT2D eigenvalue weighted by atomic mass is 10.0. The highest BCUT2D eigenvalue weighted by Crippen LogP contribution is 2.36. The molecule has 11 nitrogen and oxygen atoms in total. The van der Waals surface area contributed by atoms with Crippen LogP contribution in [0.15, 0.2) is 100 Å². The maximum atomic E-state index is 14.8. The molecule has 1 aliphatic carbocycles. The molecule has 4 aromatic rings. The van der Waals surface area contributed by atoms with E-state index in [1.54, 1.807) is 0 Å². The normalized spacial score (nSPS) is 13.7. The Morgan fingerprint density at radius 3 is 2.33 bits per heavy atom. The van der Waals surface area contributed by atoms with Gasteiger partial charge in [0.2, 0.25) is 11.8 Å². The third-order valence-electron chi connectivity index (χ3n) is 8.89. The molecular weight excluding hydrogens is 760 g/mol. The van der Waals surface area contributed by atoms with E-state index in [4.69, 9.17) is 16.3 Å². The van der Waals surface area contributed by atoms with Crippen molar-refractivity contribution in [1.29, 1.82) is 0 Å². The van der Waals surface area contributed by atoms with Crippen molar-refractivity contribution in [3.8, 4) is 5.75 Å². The first kappa shape index (κ1) is 37.8. The summed E-state index contributed by atoms with van der Waals surface area (Å²) in [6.07, 6.45) is 3.79. The van der Waals surface area contributed by atoms with Crippen LogP contribution in [0.5, 0.6) is 5.75 Å². The van der Waals surface area contributed by atoms with Crippen LogP contribution in [0.3, 0.4) is 0 Å². The molecule has 5 rings (SSSR count). The molecule has 4 aromatic carbocycles. The van der Waals surface area contributed by atoms with Crippen molar-refractivity contribution in [3.63, 3.8) is 0 Å². The third kappa shape index (κ3) is 9.26. The molecule has 0 bridgehead atoms. The summed E-state index contributed by atoms with van der Waals surface area (Å²) in [5.41, 5.74) is 1.33. The van der Waals surface area contributed by atoms with Gasteiger partial charge in [-0.1, -0.05) is 88.9 Å². The Balaban J connectivity index is 1.63. The Morgan fingerprint density at radius 2 is 1.69 bits per heavy atom. The third-order valence-corrected chi connectivity index (χ3v) is 11.4. The van der Waals surface area contributed by atoms with Gasteiger partial charge in [0.15, 0.2) is 0 Å². The predicted octanol–water partition coefficient (Wildman–Crippen LogP) is 7.22. The minimum Gasteiger partial charge on any atom is -0.495 e. The number of carbonyl (C=O) groups is 2. The fourth-order valence-electron chi connectivity index (χ4n) is 6.15. The zero-order chi connectivity index (χ0) is 36.7. The van der Waals surface area contributed by atoms with Crippen molar-refractivity contribution in [2.45, 2.75) is 62.6 Å². The van der Waals surface area contributed by atoms with Crippen molar-refractivity contribution in [2.24, 2.45) is 0 Å². The average Bonchev–Trinajstić information content (AvgIpc) is 3.62. The van der Waals surface area contributed by atoms with E-state index >= 15 is 0 Å². The fourth-order valence-corrected chi connectivity index (χ4v) is 8.02. The van der Waals surface area contributed by atoms with E-state index in [0.29, 0.717) is 5.56 Å². The SMILES string of the molecule is COc1ccc(Cl)cc1N(CC(=O)N(Cc1ccc(Br)cc1)[C@H](Cc1ccccc1)C(=O)NC1CCCC1)S(=O)(=O)c1ccc(C)c([N+](=O)[O-])c1. The first-order valence-electron chi connectivity index (χ1n) is 16.4. The van der Waals surface area contributed by atoms with Gasteiger partial charge in [-0.05, 0) is 67.3 Å². The minimum atomic E-state index is -4.67. The van der Waals surface area contributed by atoms with Crippen LogP contribution in [0.4, 0.5) is 11.4 Å². The molecule has 1 saturated carbocycles. The van der Waals surface area contributed by atoms with Crippen LogP contribution in [0.1, 0.15) is 42.4 Å². The number of ether oxygens (including phenoxy) is 1. The number of benzene rings is 4. The van der Waals surface area contributed by atoms with E-state index in [2.05, 4.69) is 21.2 Å². The smallest absolute Gasteiger partial charge is 0.273 e. The van der Waals surface area contributed by atoms with Gasteiger partial charge in [-0.15, -0.1) is 0 Å². The van der Waals surface area contributed by atoms with Crippen LogP contribution in [0, 0.1) is 17.0 Å². The van der Waals surface area contributed by atoms with Gasteiger partial charge in [0.05, 0.1) is 22.6 Å². The average molecular weight is 798 g/mol. The number of nitrogens with one attached hydrogen (secondary N) is 1. The molecule has 1 N–H and O–H groups in total. The van der Waals surface area contributed by atoms with Crippen LogP contribution in [-0.4, -0.2) is 55.8 Å². The van der Waals surface area contributed by atoms with Gasteiger partial charge in [-0.2, -0.15) is 0 Å². The number of anilines is 1. The summed E-state index contributed by atoms with van der Waals surface area (Å²) < 4.78 is 36.2. The quantitative estimate of drug-likeness (QED) is 0.105. The summed E-state index contributed by atoms with van der Waals surface area (Å²) in [7, 11) is -3.32. The van der Waals surface area contributed by atoms with E-state index in [-0.39, 0.29) is 46.9 Å². The van der Waals surface area contributed by atoms with E-state index in [1.807, 2.05) is 54.6 Å². The lowest BCUT2D eigenvalue weighted by molar-refractivity contribution is -0.385. The second-order valence-electron chi connectivity index (χ2n) is 12.4. The van der Waals surface area contributed by atoms with E-state index in [1.165, 1.54) is 49.3 Å². The molecule has 14 heteroatoms. The molecule has 0 saturated heterocycles. The number of rotatable bonds is 14. The van der Waals surface area contributed by atoms with Crippen molar-refractivity contribution in [1.82, 2.24) is 10.2 Å². The second kappa shape index (κ2) is 16.7. The number of methoxy groups -OCH3 is 1. The summed E-state index contributed by atoms with van der Waals surface area (Å²) in [5.74, 6) is -0.940. The van der Waals surface area contributed by atoms with Crippen molar-refractivity contribution >= 4 is 60.7 Å². The Labute approximate surface area is 310 Å². The molecule has 0 aliphatic heterocycles. The summed E-state index contributed by atoms with van der Waals surface area (Å²) in [5, 5.41) is 15.1. The molecule has 1 fully saturated rings. The van der Waals surface area contributed by atoms with Gasteiger partial charge < -0.3 is 15.0 Å². The molecule has 1 atom stereocenters. The summed E-state index contributed by atoms with van der Waals surface area (Å²) >= 11 is 9.81. The number of nitro groups is 1. The first-order valence-corrected chi connectivity index (χ1v) is 19.0. The zero-order valence-electron chi connectivity index (χ0n) is 28.1. The largest absolute Gasteiger partial charge is 0.495 e. The van der Waals surface area contributed by atoms with Gasteiger partial charge in [0.25, 0.3) is 15.7 Å². The maximum Gasteiger partial charge on any atom is 0.273 e. The van der Waals surface area contributed by atoms with Crippen LogP contribution >= 0.6 is 27.5 Å². The van der Waals surface area contributed by atoms with Gasteiger partial charge >= 0.3 is 0 Å². The lowest BCUT2D eigenvalue weighted by Gasteiger charge is -2.34. The van der Waals surface area contributed by atoms with Gasteiger partial charge in [0.1, 0.15) is 18.3 Å². The topological polar surface area (TPSA) is 139 Å². The van der Waals surface area contributed by atoms with E-state index in [0.717, 1.165) is 46.1 Å². The number of sulfonamides is 1. The molecular formula is C37H38BrClN4O7S. The Kier molecular flexibility index (Phi) is 12.4. The van der Waals surface area contributed by atoms with Crippen LogP contribution in [0.2, 0.25) is 5.02 Å². The van der Waals surface area contributed by atoms with E-state index in [9.17, 15) is 28.1 Å². The Morgan fingerprint density at radius 1 is 1.00 bits per heavy atom. The van der Waals surface area contributed by atoms with Crippen LogP contribution in [-0.2, 0) is 32.6 Å².